The van der Waals surface area contributed by atoms with Gasteiger partial charge in [0.05, 0.1) is 5.56 Å². The molecule has 2 rings (SSSR count). The van der Waals surface area contributed by atoms with Gasteiger partial charge in [0.1, 0.15) is 5.82 Å². The van der Waals surface area contributed by atoms with Crippen LogP contribution < -0.4 is 0 Å². The van der Waals surface area contributed by atoms with Crippen LogP contribution in [0.2, 0.25) is 0 Å². The molecular weight excluding hydrogens is 227 g/mol. The van der Waals surface area contributed by atoms with Crippen LogP contribution in [-0.2, 0) is 0 Å². The zero-order valence-corrected chi connectivity index (χ0v) is 9.91. The third kappa shape index (κ3) is 2.83. The highest BCUT2D eigenvalue weighted by Gasteiger charge is 2.07. The molecule has 0 aromatic heterocycles. The minimum Gasteiger partial charge on any atom is -0.279 e. The lowest BCUT2D eigenvalue weighted by molar-refractivity contribution is 0.105. The molecule has 2 heteroatoms. The topological polar surface area (TPSA) is 17.1 Å². The number of Topliss-reactive ketones (excluding diaryl/α,β-unsaturated/α-hetero) is 1. The number of halogens is 1. The molecular formula is C16H11FO. The van der Waals surface area contributed by atoms with E-state index in [1.807, 2.05) is 31.2 Å². The lowest BCUT2D eigenvalue weighted by Gasteiger charge is -1.95. The van der Waals surface area contributed by atoms with Crippen LogP contribution in [-0.4, -0.2) is 5.78 Å². The maximum absolute atomic E-state index is 13.3. The third-order valence-electron chi connectivity index (χ3n) is 2.49. The van der Waals surface area contributed by atoms with Crippen molar-refractivity contribution in [3.63, 3.8) is 0 Å². The predicted octanol–water partition coefficient (Wildman–Crippen LogP) is 3.37. The molecule has 0 atom stereocenters. The van der Waals surface area contributed by atoms with Gasteiger partial charge in [0.25, 0.3) is 0 Å². The summed E-state index contributed by atoms with van der Waals surface area (Å²) in [7, 11) is 0. The first-order valence-corrected chi connectivity index (χ1v) is 5.54. The fourth-order valence-corrected chi connectivity index (χ4v) is 1.48. The van der Waals surface area contributed by atoms with Crippen molar-refractivity contribution in [2.24, 2.45) is 0 Å². The van der Waals surface area contributed by atoms with Crippen molar-refractivity contribution in [2.75, 3.05) is 0 Å². The molecule has 0 saturated carbocycles. The number of rotatable bonds is 1. The van der Waals surface area contributed by atoms with E-state index in [0.717, 1.165) is 11.1 Å². The molecule has 0 radical (unpaired) electrons. The number of hydrogen-bond donors (Lipinski definition) is 0. The minimum absolute atomic E-state index is 0.0112. The Labute approximate surface area is 105 Å². The summed E-state index contributed by atoms with van der Waals surface area (Å²) in [5.74, 6) is 4.13. The lowest BCUT2D eigenvalue weighted by atomic mass is 10.1. The van der Waals surface area contributed by atoms with Gasteiger partial charge in [-0.3, -0.25) is 4.79 Å². The second kappa shape index (κ2) is 5.29. The summed E-state index contributed by atoms with van der Waals surface area (Å²) in [5.41, 5.74) is 1.88. The minimum atomic E-state index is -0.541. The van der Waals surface area contributed by atoms with E-state index in [1.165, 1.54) is 12.1 Å². The fourth-order valence-electron chi connectivity index (χ4n) is 1.48. The molecule has 88 valence electrons. The average Bonchev–Trinajstić information content (AvgIpc) is 2.38. The zero-order chi connectivity index (χ0) is 13.0. The van der Waals surface area contributed by atoms with E-state index in [4.69, 9.17) is 0 Å². The van der Waals surface area contributed by atoms with Gasteiger partial charge in [0, 0.05) is 5.56 Å². The van der Waals surface area contributed by atoms with E-state index < -0.39 is 11.6 Å². The number of carbonyl (C=O) groups excluding carboxylic acids is 1. The molecule has 0 bridgehead atoms. The fraction of sp³-hybridized carbons (Fsp3) is 0.0625. The van der Waals surface area contributed by atoms with Crippen LogP contribution in [0.3, 0.4) is 0 Å². The first-order chi connectivity index (χ1) is 8.66. The Balaban J connectivity index is 2.23. The van der Waals surface area contributed by atoms with Gasteiger partial charge in [0.15, 0.2) is 0 Å². The van der Waals surface area contributed by atoms with Crippen LogP contribution in [0.4, 0.5) is 4.39 Å². The summed E-state index contributed by atoms with van der Waals surface area (Å²) in [4.78, 5) is 11.7. The van der Waals surface area contributed by atoms with Crippen molar-refractivity contribution >= 4 is 5.78 Å². The molecule has 0 heterocycles. The molecule has 0 aliphatic heterocycles. The standard InChI is InChI=1S/C16H11FO/c1-12-6-8-13(9-7-12)10-11-16(18)14-4-2-3-5-15(14)17/h2-9H,1H3. The van der Waals surface area contributed by atoms with E-state index in [0.29, 0.717) is 0 Å². The van der Waals surface area contributed by atoms with Gasteiger partial charge in [-0.1, -0.05) is 35.7 Å². The number of hydrogen-bond acceptors (Lipinski definition) is 1. The molecule has 2 aromatic rings. The third-order valence-corrected chi connectivity index (χ3v) is 2.49. The molecule has 0 N–H and O–H groups in total. The predicted molar refractivity (Wildman–Crippen MR) is 68.8 cm³/mol. The number of benzene rings is 2. The molecule has 0 unspecified atom stereocenters. The smallest absolute Gasteiger partial charge is 0.239 e. The van der Waals surface area contributed by atoms with E-state index in [-0.39, 0.29) is 5.56 Å². The Hall–Kier alpha value is -2.40. The first-order valence-electron chi connectivity index (χ1n) is 5.54. The van der Waals surface area contributed by atoms with Crippen molar-refractivity contribution in [2.45, 2.75) is 6.92 Å². The summed E-state index contributed by atoms with van der Waals surface area (Å²) < 4.78 is 13.3. The van der Waals surface area contributed by atoms with Crippen molar-refractivity contribution < 1.29 is 9.18 Å². The second-order valence-corrected chi connectivity index (χ2v) is 3.92. The highest BCUT2D eigenvalue weighted by atomic mass is 19.1. The van der Waals surface area contributed by atoms with Gasteiger partial charge in [-0.15, -0.1) is 0 Å². The summed E-state index contributed by atoms with van der Waals surface area (Å²) in [6, 6.07) is 13.3. The van der Waals surface area contributed by atoms with Crippen molar-refractivity contribution in [1.82, 2.24) is 0 Å². The molecule has 0 aliphatic rings. The van der Waals surface area contributed by atoms with Crippen LogP contribution in [0.15, 0.2) is 48.5 Å². The molecule has 0 saturated heterocycles. The summed E-state index contributed by atoms with van der Waals surface area (Å²) in [6.07, 6.45) is 0. The Kier molecular flexibility index (Phi) is 3.54. The molecule has 0 aliphatic carbocycles. The van der Waals surface area contributed by atoms with E-state index in [2.05, 4.69) is 11.8 Å². The molecule has 0 amide bonds. The molecule has 0 fully saturated rings. The molecule has 2 aromatic carbocycles. The summed E-state index contributed by atoms with van der Waals surface area (Å²) in [6.45, 7) is 1.97. The van der Waals surface area contributed by atoms with Gasteiger partial charge >= 0.3 is 0 Å². The van der Waals surface area contributed by atoms with E-state index in [1.54, 1.807) is 12.1 Å². The van der Waals surface area contributed by atoms with Gasteiger partial charge in [-0.25, -0.2) is 4.39 Å². The van der Waals surface area contributed by atoms with Crippen molar-refractivity contribution in [1.29, 1.82) is 0 Å². The summed E-state index contributed by atoms with van der Waals surface area (Å²) >= 11 is 0. The van der Waals surface area contributed by atoms with E-state index in [9.17, 15) is 9.18 Å². The maximum Gasteiger partial charge on any atom is 0.239 e. The SMILES string of the molecule is Cc1ccc(C#CC(=O)c2ccccc2F)cc1. The van der Waals surface area contributed by atoms with Crippen LogP contribution in [0.5, 0.6) is 0 Å². The van der Waals surface area contributed by atoms with Crippen LogP contribution in [0, 0.1) is 24.6 Å². The second-order valence-electron chi connectivity index (χ2n) is 3.92. The van der Waals surface area contributed by atoms with Gasteiger partial charge in [-0.2, -0.15) is 0 Å². The van der Waals surface area contributed by atoms with E-state index >= 15 is 0 Å². The average molecular weight is 238 g/mol. The Morgan fingerprint density at radius 1 is 1.06 bits per heavy atom. The maximum atomic E-state index is 13.3. The number of carbonyl (C=O) groups is 1. The Morgan fingerprint density at radius 3 is 2.39 bits per heavy atom. The van der Waals surface area contributed by atoms with Gasteiger partial charge in [-0.05, 0) is 37.1 Å². The monoisotopic (exact) mass is 238 g/mol. The zero-order valence-electron chi connectivity index (χ0n) is 9.91. The highest BCUT2D eigenvalue weighted by molar-refractivity contribution is 6.09. The van der Waals surface area contributed by atoms with Crippen molar-refractivity contribution in [3.8, 4) is 11.8 Å². The van der Waals surface area contributed by atoms with Gasteiger partial charge in [0.2, 0.25) is 5.78 Å². The van der Waals surface area contributed by atoms with Crippen molar-refractivity contribution in [3.05, 3.63) is 71.0 Å². The lowest BCUT2D eigenvalue weighted by Crippen LogP contribution is -1.98. The largest absolute Gasteiger partial charge is 0.279 e. The number of ketones is 1. The highest BCUT2D eigenvalue weighted by Crippen LogP contribution is 2.07. The Morgan fingerprint density at radius 2 is 1.72 bits per heavy atom. The number of aryl methyl sites for hydroxylation is 1. The normalized spacial score (nSPS) is 9.44. The van der Waals surface area contributed by atoms with Crippen LogP contribution in [0.25, 0.3) is 0 Å². The van der Waals surface area contributed by atoms with Crippen LogP contribution in [0.1, 0.15) is 21.5 Å². The Bertz CT molecular complexity index is 630. The van der Waals surface area contributed by atoms with Crippen LogP contribution >= 0.6 is 0 Å². The molecule has 0 spiro atoms. The quantitative estimate of drug-likeness (QED) is 0.550. The first kappa shape index (κ1) is 12.1. The molecule has 18 heavy (non-hydrogen) atoms. The summed E-state index contributed by atoms with van der Waals surface area (Å²) in [5, 5.41) is 0. The molecule has 1 nitrogen and oxygen atoms in total. The van der Waals surface area contributed by atoms with Gasteiger partial charge < -0.3 is 0 Å².